The highest BCUT2D eigenvalue weighted by Gasteiger charge is 2.10. The Morgan fingerprint density at radius 3 is 2.52 bits per heavy atom. The number of rotatable bonds is 6. The Labute approximate surface area is 167 Å². The summed E-state index contributed by atoms with van der Waals surface area (Å²) in [5, 5.41) is 7.64. The van der Waals surface area contributed by atoms with Gasteiger partial charge in [0.2, 0.25) is 11.3 Å². The maximum Gasteiger partial charge on any atom is 0.226 e. The monoisotopic (exact) mass is 385 g/mol. The van der Waals surface area contributed by atoms with Crippen LogP contribution in [0.15, 0.2) is 89.9 Å². The van der Waals surface area contributed by atoms with Gasteiger partial charge in [-0.3, -0.25) is 14.3 Å². The van der Waals surface area contributed by atoms with Crippen molar-refractivity contribution in [2.24, 2.45) is 0 Å². The molecule has 6 heteroatoms. The summed E-state index contributed by atoms with van der Waals surface area (Å²) in [6.45, 7) is 0.355. The van der Waals surface area contributed by atoms with Crippen LogP contribution in [0.2, 0.25) is 0 Å². The Bertz CT molecular complexity index is 1200. The maximum atomic E-state index is 12.5. The molecule has 29 heavy (non-hydrogen) atoms. The van der Waals surface area contributed by atoms with E-state index in [1.807, 2.05) is 60.7 Å². The lowest BCUT2D eigenvalue weighted by atomic mass is 10.2. The lowest BCUT2D eigenvalue weighted by Crippen LogP contribution is -2.18. The van der Waals surface area contributed by atoms with E-state index >= 15 is 0 Å². The minimum Gasteiger partial charge on any atom is -0.455 e. The van der Waals surface area contributed by atoms with E-state index in [1.54, 1.807) is 22.9 Å². The number of hydrogen-bond donors (Lipinski definition) is 1. The van der Waals surface area contributed by atoms with Crippen LogP contribution in [-0.2, 0) is 11.3 Å². The molecule has 0 aliphatic carbocycles. The second-order valence-corrected chi connectivity index (χ2v) is 6.46. The Hall–Kier alpha value is -3.93. The number of hydrogen-bond acceptors (Lipinski definition) is 4. The molecule has 4 rings (SSSR count). The SMILES string of the molecule is O=C(CCn1ncc(=O)c2ccccc21)Nc1ccccc1Oc1ccccc1. The van der Waals surface area contributed by atoms with E-state index in [0.29, 0.717) is 34.6 Å². The summed E-state index contributed by atoms with van der Waals surface area (Å²) in [7, 11) is 0. The van der Waals surface area contributed by atoms with Crippen molar-refractivity contribution in [3.8, 4) is 11.5 Å². The Balaban J connectivity index is 1.46. The third-order valence-corrected chi connectivity index (χ3v) is 4.44. The van der Waals surface area contributed by atoms with Crippen LogP contribution in [-0.4, -0.2) is 15.7 Å². The zero-order valence-corrected chi connectivity index (χ0v) is 15.6. The smallest absolute Gasteiger partial charge is 0.226 e. The highest BCUT2D eigenvalue weighted by Crippen LogP contribution is 2.29. The van der Waals surface area contributed by atoms with Crippen LogP contribution >= 0.6 is 0 Å². The summed E-state index contributed by atoms with van der Waals surface area (Å²) in [6.07, 6.45) is 1.49. The standard InChI is InChI=1S/C23H19N3O3/c27-21-16-24-26(20-12-6-4-10-18(20)21)15-14-23(28)25-19-11-5-7-13-22(19)29-17-8-2-1-3-9-17/h1-13,16H,14-15H2,(H,25,28). The summed E-state index contributed by atoms with van der Waals surface area (Å²) in [4.78, 5) is 24.5. The van der Waals surface area contributed by atoms with Gasteiger partial charge in [0.25, 0.3) is 0 Å². The van der Waals surface area contributed by atoms with E-state index in [9.17, 15) is 9.59 Å². The minimum atomic E-state index is -0.168. The summed E-state index contributed by atoms with van der Waals surface area (Å²) in [5.41, 5.74) is 1.17. The largest absolute Gasteiger partial charge is 0.455 e. The Kier molecular flexibility index (Phi) is 5.33. The van der Waals surface area contributed by atoms with Gasteiger partial charge < -0.3 is 10.1 Å². The van der Waals surface area contributed by atoms with Gasteiger partial charge in [-0.15, -0.1) is 0 Å². The first kappa shape index (κ1) is 18.4. The molecule has 0 fully saturated rings. The number of fused-ring (bicyclic) bond motifs is 1. The summed E-state index contributed by atoms with van der Waals surface area (Å²) < 4.78 is 7.55. The van der Waals surface area contributed by atoms with Gasteiger partial charge >= 0.3 is 0 Å². The Morgan fingerprint density at radius 1 is 0.931 bits per heavy atom. The number of aryl methyl sites for hydroxylation is 1. The number of nitrogens with zero attached hydrogens (tertiary/aromatic N) is 2. The van der Waals surface area contributed by atoms with Crippen molar-refractivity contribution in [2.75, 3.05) is 5.32 Å². The molecule has 0 saturated heterocycles. The lowest BCUT2D eigenvalue weighted by molar-refractivity contribution is -0.116. The Morgan fingerprint density at radius 2 is 1.66 bits per heavy atom. The zero-order chi connectivity index (χ0) is 20.1. The van der Waals surface area contributed by atoms with E-state index in [2.05, 4.69) is 10.4 Å². The van der Waals surface area contributed by atoms with Crippen LogP contribution in [0.25, 0.3) is 10.9 Å². The quantitative estimate of drug-likeness (QED) is 0.539. The number of aromatic nitrogens is 2. The number of amides is 1. The van der Waals surface area contributed by atoms with Crippen LogP contribution in [0, 0.1) is 0 Å². The van der Waals surface area contributed by atoms with Crippen LogP contribution in [0.5, 0.6) is 11.5 Å². The number of benzene rings is 3. The molecule has 4 aromatic rings. The molecule has 3 aromatic carbocycles. The second kappa shape index (κ2) is 8.39. The third kappa shape index (κ3) is 4.32. The van der Waals surface area contributed by atoms with Gasteiger partial charge in [-0.05, 0) is 36.4 Å². The van der Waals surface area contributed by atoms with Crippen molar-refractivity contribution in [3.63, 3.8) is 0 Å². The first-order chi connectivity index (χ1) is 14.2. The molecule has 1 N–H and O–H groups in total. The topological polar surface area (TPSA) is 73.2 Å². The van der Waals surface area contributed by atoms with Gasteiger partial charge in [-0.25, -0.2) is 0 Å². The van der Waals surface area contributed by atoms with Gasteiger partial charge in [0.15, 0.2) is 5.75 Å². The summed E-state index contributed by atoms with van der Waals surface area (Å²) >= 11 is 0. The molecular weight excluding hydrogens is 366 g/mol. The van der Waals surface area contributed by atoms with Crippen LogP contribution in [0.4, 0.5) is 5.69 Å². The zero-order valence-electron chi connectivity index (χ0n) is 15.6. The molecule has 0 aliphatic rings. The van der Waals surface area contributed by atoms with Gasteiger partial charge in [-0.1, -0.05) is 42.5 Å². The number of para-hydroxylation sites is 4. The van der Waals surface area contributed by atoms with Crippen LogP contribution in [0.3, 0.4) is 0 Å². The van der Waals surface area contributed by atoms with Crippen molar-refractivity contribution in [2.45, 2.75) is 13.0 Å². The predicted molar refractivity (Wildman–Crippen MR) is 112 cm³/mol. The number of anilines is 1. The van der Waals surface area contributed by atoms with E-state index in [4.69, 9.17) is 4.74 Å². The summed E-state index contributed by atoms with van der Waals surface area (Å²) in [5.74, 6) is 1.09. The van der Waals surface area contributed by atoms with Crippen molar-refractivity contribution in [3.05, 3.63) is 95.3 Å². The van der Waals surface area contributed by atoms with E-state index in [0.717, 1.165) is 0 Å². The van der Waals surface area contributed by atoms with Gasteiger partial charge in [0, 0.05) is 11.8 Å². The molecular formula is C23H19N3O3. The second-order valence-electron chi connectivity index (χ2n) is 6.46. The number of nitrogens with one attached hydrogen (secondary N) is 1. The normalized spacial score (nSPS) is 10.6. The summed E-state index contributed by atoms with van der Waals surface area (Å²) in [6, 6.07) is 23.9. The highest BCUT2D eigenvalue weighted by atomic mass is 16.5. The molecule has 0 bridgehead atoms. The van der Waals surface area contributed by atoms with Gasteiger partial charge in [0.05, 0.1) is 23.9 Å². The fourth-order valence-corrected chi connectivity index (χ4v) is 3.03. The molecule has 0 unspecified atom stereocenters. The van der Waals surface area contributed by atoms with Crippen molar-refractivity contribution >= 4 is 22.5 Å². The molecule has 0 aliphatic heterocycles. The number of carbonyl (C=O) groups excluding carboxylic acids is 1. The average molecular weight is 385 g/mol. The molecule has 144 valence electrons. The maximum absolute atomic E-state index is 12.5. The number of carbonyl (C=O) groups is 1. The van der Waals surface area contributed by atoms with Crippen LogP contribution < -0.4 is 15.5 Å². The van der Waals surface area contributed by atoms with Crippen molar-refractivity contribution < 1.29 is 9.53 Å². The first-order valence-electron chi connectivity index (χ1n) is 9.27. The fraction of sp³-hybridized carbons (Fsp3) is 0.0870. The van der Waals surface area contributed by atoms with E-state index in [-0.39, 0.29) is 17.8 Å². The van der Waals surface area contributed by atoms with Crippen molar-refractivity contribution in [1.29, 1.82) is 0 Å². The number of ether oxygens (including phenoxy) is 1. The third-order valence-electron chi connectivity index (χ3n) is 4.44. The first-order valence-corrected chi connectivity index (χ1v) is 9.27. The molecule has 0 atom stereocenters. The van der Waals surface area contributed by atoms with Gasteiger partial charge in [0.1, 0.15) is 5.75 Å². The molecule has 0 spiro atoms. The fourth-order valence-electron chi connectivity index (χ4n) is 3.03. The molecule has 1 heterocycles. The van der Waals surface area contributed by atoms with Gasteiger partial charge in [-0.2, -0.15) is 5.10 Å². The van der Waals surface area contributed by atoms with Crippen LogP contribution in [0.1, 0.15) is 6.42 Å². The van der Waals surface area contributed by atoms with E-state index < -0.39 is 0 Å². The molecule has 1 aromatic heterocycles. The minimum absolute atomic E-state index is 0.131. The molecule has 0 saturated carbocycles. The van der Waals surface area contributed by atoms with E-state index in [1.165, 1.54) is 6.20 Å². The average Bonchev–Trinajstić information content (AvgIpc) is 2.76. The molecule has 0 radical (unpaired) electrons. The molecule has 6 nitrogen and oxygen atoms in total. The molecule has 1 amide bonds. The highest BCUT2D eigenvalue weighted by molar-refractivity contribution is 5.92. The lowest BCUT2D eigenvalue weighted by Gasteiger charge is -2.13. The van der Waals surface area contributed by atoms with Crippen molar-refractivity contribution in [1.82, 2.24) is 9.78 Å². The predicted octanol–water partition coefficient (Wildman–Crippen LogP) is 4.22.